The molecule has 1 heterocycles. The van der Waals surface area contributed by atoms with Gasteiger partial charge in [-0.05, 0) is 81.0 Å². The molecular formula is C23H33N3O. The van der Waals surface area contributed by atoms with Gasteiger partial charge in [-0.25, -0.2) is 0 Å². The van der Waals surface area contributed by atoms with Crippen molar-refractivity contribution in [2.24, 2.45) is 23.2 Å². The summed E-state index contributed by atoms with van der Waals surface area (Å²) in [6.45, 7) is 5.59. The molecule has 0 radical (unpaired) electrons. The topological polar surface area (TPSA) is 35.6 Å². The number of carbonyl (C=O) groups is 1. The normalized spacial score (nSPS) is 36.1. The minimum atomic E-state index is -0.0623. The van der Waals surface area contributed by atoms with Gasteiger partial charge in [-0.3, -0.25) is 9.69 Å². The summed E-state index contributed by atoms with van der Waals surface area (Å²) in [7, 11) is 2.19. The Bertz CT molecular complexity index is 655. The smallest absolute Gasteiger partial charge is 0.230 e. The molecule has 4 saturated carbocycles. The zero-order valence-corrected chi connectivity index (χ0v) is 16.6. The zero-order valence-electron chi connectivity index (χ0n) is 16.6. The number of piperazine rings is 1. The van der Waals surface area contributed by atoms with Crippen molar-refractivity contribution in [3.05, 3.63) is 29.8 Å². The Labute approximate surface area is 163 Å². The summed E-state index contributed by atoms with van der Waals surface area (Å²) in [5.74, 6) is 2.74. The Kier molecular flexibility index (Phi) is 4.52. The Balaban J connectivity index is 1.21. The first-order chi connectivity index (χ1) is 13.1. The van der Waals surface area contributed by atoms with Crippen molar-refractivity contribution in [2.75, 3.05) is 38.5 Å². The first-order valence-electron chi connectivity index (χ1n) is 10.9. The van der Waals surface area contributed by atoms with Crippen LogP contribution in [0.3, 0.4) is 0 Å². The summed E-state index contributed by atoms with van der Waals surface area (Å²) in [6, 6.07) is 8.58. The molecule has 1 aromatic carbocycles. The molecule has 1 aromatic rings. The molecule has 0 spiro atoms. The number of hydrogen-bond acceptors (Lipinski definition) is 3. The van der Waals surface area contributed by atoms with E-state index in [-0.39, 0.29) is 5.41 Å². The van der Waals surface area contributed by atoms with Crippen molar-refractivity contribution in [1.29, 1.82) is 0 Å². The van der Waals surface area contributed by atoms with E-state index >= 15 is 0 Å². The van der Waals surface area contributed by atoms with Crippen molar-refractivity contribution in [3.8, 4) is 0 Å². The van der Waals surface area contributed by atoms with Crippen LogP contribution in [0.1, 0.15) is 44.1 Å². The van der Waals surface area contributed by atoms with Gasteiger partial charge in [0.25, 0.3) is 0 Å². The van der Waals surface area contributed by atoms with Crippen LogP contribution in [0.5, 0.6) is 0 Å². The Morgan fingerprint density at radius 3 is 2.07 bits per heavy atom. The summed E-state index contributed by atoms with van der Waals surface area (Å²) in [5.41, 5.74) is 2.25. The van der Waals surface area contributed by atoms with E-state index in [0.717, 1.165) is 75.4 Å². The summed E-state index contributed by atoms with van der Waals surface area (Å²) in [4.78, 5) is 18.1. The summed E-state index contributed by atoms with van der Waals surface area (Å²) < 4.78 is 0. The van der Waals surface area contributed by atoms with Gasteiger partial charge in [-0.2, -0.15) is 0 Å². The van der Waals surface area contributed by atoms with E-state index < -0.39 is 0 Å². The number of likely N-dealkylation sites (N-methyl/N-ethyl adjacent to an activating group) is 1. The predicted octanol–water partition coefficient (Wildman–Crippen LogP) is 3.59. The molecule has 5 fully saturated rings. The fraction of sp³-hybridized carbons (Fsp3) is 0.696. The first kappa shape index (κ1) is 17.7. The van der Waals surface area contributed by atoms with E-state index in [1.165, 1.54) is 24.8 Å². The van der Waals surface area contributed by atoms with E-state index in [4.69, 9.17) is 0 Å². The highest BCUT2D eigenvalue weighted by atomic mass is 16.2. The lowest BCUT2D eigenvalue weighted by Gasteiger charge is -2.55. The van der Waals surface area contributed by atoms with Gasteiger partial charge >= 0.3 is 0 Å². The third-order valence-corrected chi connectivity index (χ3v) is 7.73. The van der Waals surface area contributed by atoms with Crippen molar-refractivity contribution < 1.29 is 4.79 Å². The summed E-state index contributed by atoms with van der Waals surface area (Å²) >= 11 is 0. The van der Waals surface area contributed by atoms with Gasteiger partial charge in [-0.15, -0.1) is 0 Å². The molecule has 4 bridgehead atoms. The highest BCUT2D eigenvalue weighted by Gasteiger charge is 2.54. The Morgan fingerprint density at radius 1 is 0.963 bits per heavy atom. The second kappa shape index (κ2) is 6.89. The molecule has 5 aliphatic rings. The quantitative estimate of drug-likeness (QED) is 0.883. The number of nitrogens with one attached hydrogen (secondary N) is 1. The van der Waals surface area contributed by atoms with Crippen LogP contribution in [-0.2, 0) is 11.3 Å². The van der Waals surface area contributed by atoms with Crippen LogP contribution in [0.15, 0.2) is 24.3 Å². The molecule has 1 saturated heterocycles. The first-order valence-corrected chi connectivity index (χ1v) is 10.9. The van der Waals surface area contributed by atoms with Crippen LogP contribution in [0.4, 0.5) is 5.69 Å². The second-order valence-corrected chi connectivity index (χ2v) is 9.93. The van der Waals surface area contributed by atoms with E-state index in [1.54, 1.807) is 0 Å². The predicted molar refractivity (Wildman–Crippen MR) is 108 cm³/mol. The monoisotopic (exact) mass is 367 g/mol. The average molecular weight is 368 g/mol. The summed E-state index contributed by atoms with van der Waals surface area (Å²) in [6.07, 6.45) is 7.54. The minimum Gasteiger partial charge on any atom is -0.326 e. The van der Waals surface area contributed by atoms with Gasteiger partial charge in [0.05, 0.1) is 5.41 Å². The minimum absolute atomic E-state index is 0.0623. The van der Waals surface area contributed by atoms with Gasteiger partial charge < -0.3 is 10.2 Å². The van der Waals surface area contributed by atoms with Crippen LogP contribution >= 0.6 is 0 Å². The van der Waals surface area contributed by atoms with Crippen LogP contribution < -0.4 is 5.32 Å². The molecule has 146 valence electrons. The zero-order chi connectivity index (χ0) is 18.4. The van der Waals surface area contributed by atoms with Gasteiger partial charge in [-0.1, -0.05) is 12.1 Å². The van der Waals surface area contributed by atoms with Crippen molar-refractivity contribution in [1.82, 2.24) is 9.80 Å². The molecule has 0 atom stereocenters. The van der Waals surface area contributed by atoms with Crippen LogP contribution in [-0.4, -0.2) is 48.9 Å². The lowest BCUT2D eigenvalue weighted by Crippen LogP contribution is -2.51. The molecule has 1 aliphatic heterocycles. The maximum Gasteiger partial charge on any atom is 0.230 e. The average Bonchev–Trinajstić information content (AvgIpc) is 2.64. The highest BCUT2D eigenvalue weighted by Crippen LogP contribution is 2.60. The number of benzene rings is 1. The Hall–Kier alpha value is -1.39. The van der Waals surface area contributed by atoms with E-state index in [1.807, 2.05) is 0 Å². The third kappa shape index (κ3) is 3.54. The number of anilines is 1. The van der Waals surface area contributed by atoms with Crippen molar-refractivity contribution in [2.45, 2.75) is 45.1 Å². The molecule has 1 amide bonds. The third-order valence-electron chi connectivity index (χ3n) is 7.73. The molecule has 0 aromatic heterocycles. The van der Waals surface area contributed by atoms with Gasteiger partial charge in [0, 0.05) is 38.4 Å². The molecular weight excluding hydrogens is 334 g/mol. The van der Waals surface area contributed by atoms with Gasteiger partial charge in [0.2, 0.25) is 5.91 Å². The largest absolute Gasteiger partial charge is 0.326 e. The van der Waals surface area contributed by atoms with Crippen molar-refractivity contribution >= 4 is 11.6 Å². The number of nitrogens with zero attached hydrogens (tertiary/aromatic N) is 2. The lowest BCUT2D eigenvalue weighted by molar-refractivity contribution is -0.140. The highest BCUT2D eigenvalue weighted by molar-refractivity contribution is 5.95. The fourth-order valence-electron chi connectivity index (χ4n) is 6.61. The molecule has 27 heavy (non-hydrogen) atoms. The van der Waals surface area contributed by atoms with Crippen LogP contribution in [0.2, 0.25) is 0 Å². The standard InChI is InChI=1S/C23H33N3O/c1-25-6-8-26(9-7-25)16-17-2-4-21(5-3-17)24-22(27)23-13-18-10-19(14-23)12-20(11-18)15-23/h2-5,18-20H,6-16H2,1H3,(H,24,27). The Morgan fingerprint density at radius 2 is 1.52 bits per heavy atom. The second-order valence-electron chi connectivity index (χ2n) is 9.93. The maximum atomic E-state index is 13.2. The molecule has 0 unspecified atom stereocenters. The van der Waals surface area contributed by atoms with Crippen molar-refractivity contribution in [3.63, 3.8) is 0 Å². The number of carbonyl (C=O) groups excluding carboxylic acids is 1. The molecule has 1 N–H and O–H groups in total. The van der Waals surface area contributed by atoms with E-state index in [9.17, 15) is 4.79 Å². The van der Waals surface area contributed by atoms with Crippen LogP contribution in [0, 0.1) is 23.2 Å². The lowest BCUT2D eigenvalue weighted by atomic mass is 9.49. The molecule has 4 heteroatoms. The molecule has 4 aliphatic carbocycles. The van der Waals surface area contributed by atoms with E-state index in [2.05, 4.69) is 46.4 Å². The van der Waals surface area contributed by atoms with E-state index in [0.29, 0.717) is 5.91 Å². The van der Waals surface area contributed by atoms with Gasteiger partial charge in [0.1, 0.15) is 0 Å². The maximum absolute atomic E-state index is 13.2. The molecule has 4 nitrogen and oxygen atoms in total. The SMILES string of the molecule is CN1CCN(Cc2ccc(NC(=O)C34CC5CC(CC(C5)C3)C4)cc2)CC1. The van der Waals surface area contributed by atoms with Crippen LogP contribution in [0.25, 0.3) is 0 Å². The number of hydrogen-bond donors (Lipinski definition) is 1. The number of rotatable bonds is 4. The number of amides is 1. The fourth-order valence-corrected chi connectivity index (χ4v) is 6.61. The summed E-state index contributed by atoms with van der Waals surface area (Å²) in [5, 5.41) is 3.28. The molecule has 6 rings (SSSR count). The van der Waals surface area contributed by atoms with Gasteiger partial charge in [0.15, 0.2) is 0 Å².